The van der Waals surface area contributed by atoms with E-state index in [9.17, 15) is 43.9 Å². The molecule has 0 aliphatic carbocycles. The molecule has 0 bridgehead atoms. The Balaban J connectivity index is 3.20. The molecule has 2 aromatic carbocycles. The van der Waals surface area contributed by atoms with Gasteiger partial charge in [-0.2, -0.15) is 0 Å². The topological polar surface area (TPSA) is 18.5 Å². The van der Waals surface area contributed by atoms with Crippen molar-refractivity contribution < 1.29 is 52.8 Å². The third kappa shape index (κ3) is 4.05. The summed E-state index contributed by atoms with van der Waals surface area (Å²) >= 11 is 0. The van der Waals surface area contributed by atoms with Gasteiger partial charge in [0.2, 0.25) is 11.6 Å². The molecule has 0 aliphatic rings. The number of rotatable bonds is 6. The normalized spacial score (nSPS) is 12.4. The first kappa shape index (κ1) is 25.1. The number of hydrogen-bond donors (Lipinski definition) is 0. The molecule has 0 saturated carbocycles. The summed E-state index contributed by atoms with van der Waals surface area (Å²) in [6.07, 6.45) is -2.56. The molecule has 0 atom stereocenters. The molecule has 0 unspecified atom stereocenters. The summed E-state index contributed by atoms with van der Waals surface area (Å²) in [6.45, 7) is 4.51. The highest BCUT2D eigenvalue weighted by molar-refractivity contribution is 6.92. The molecule has 0 fully saturated rings. The van der Waals surface area contributed by atoms with Gasteiger partial charge in [0.1, 0.15) is 0 Å². The Labute approximate surface area is 170 Å². The van der Waals surface area contributed by atoms with Crippen molar-refractivity contribution in [3.8, 4) is 0 Å². The van der Waals surface area contributed by atoms with E-state index >= 15 is 0 Å². The van der Waals surface area contributed by atoms with Gasteiger partial charge in [0.15, 0.2) is 46.5 Å². The Morgan fingerprint density at radius 1 is 0.419 bits per heavy atom. The van der Waals surface area contributed by atoms with Crippen LogP contribution in [0.2, 0.25) is 0 Å². The van der Waals surface area contributed by atoms with Gasteiger partial charge in [-0.1, -0.05) is 0 Å². The number of benzene rings is 2. The lowest BCUT2D eigenvalue weighted by Crippen LogP contribution is -2.69. The van der Waals surface area contributed by atoms with Crippen LogP contribution < -0.4 is 10.4 Å². The fourth-order valence-electron chi connectivity index (χ4n) is 2.84. The van der Waals surface area contributed by atoms with E-state index in [4.69, 9.17) is 8.85 Å². The quantitative estimate of drug-likeness (QED) is 0.263. The lowest BCUT2D eigenvalue weighted by Gasteiger charge is -2.35. The standard InChI is InChI=1S/C18H14F10O2Si/c1-5(2)29-31(30-6(3)4,17-13(25)9(21)7(19)10(22)14(17)26)18-15(27)11(23)8(20)12(24)16(18)28/h5-6H,1-4H3. The molecule has 0 aromatic heterocycles. The average Bonchev–Trinajstić information content (AvgIpc) is 2.66. The van der Waals surface area contributed by atoms with Crippen molar-refractivity contribution in [2.24, 2.45) is 0 Å². The summed E-state index contributed by atoms with van der Waals surface area (Å²) in [6, 6.07) is 0. The van der Waals surface area contributed by atoms with Crippen LogP contribution in [0.1, 0.15) is 27.7 Å². The van der Waals surface area contributed by atoms with E-state index < -0.39 is 89.3 Å². The minimum absolute atomic E-state index is 1.13. The van der Waals surface area contributed by atoms with Gasteiger partial charge in [0.25, 0.3) is 0 Å². The van der Waals surface area contributed by atoms with Crippen molar-refractivity contribution in [3.63, 3.8) is 0 Å². The summed E-state index contributed by atoms with van der Waals surface area (Å²) in [5.41, 5.74) is 0. The molecule has 0 amide bonds. The van der Waals surface area contributed by atoms with Gasteiger partial charge in [-0.15, -0.1) is 0 Å². The van der Waals surface area contributed by atoms with Gasteiger partial charge in [-0.05, 0) is 27.7 Å². The first-order valence-corrected chi connectivity index (χ1v) is 10.4. The highest BCUT2D eigenvalue weighted by Crippen LogP contribution is 2.27. The van der Waals surface area contributed by atoms with Gasteiger partial charge in [0, 0.05) is 12.2 Å². The monoisotopic (exact) mass is 480 g/mol. The Hall–Kier alpha value is -2.12. The molecule has 2 nitrogen and oxygen atoms in total. The molecule has 0 saturated heterocycles. The predicted molar refractivity (Wildman–Crippen MR) is 89.9 cm³/mol. The zero-order valence-corrected chi connectivity index (χ0v) is 17.3. The average molecular weight is 480 g/mol. The Morgan fingerprint density at radius 2 is 0.613 bits per heavy atom. The number of hydrogen-bond acceptors (Lipinski definition) is 2. The van der Waals surface area contributed by atoms with Gasteiger partial charge in [0.05, 0.1) is 10.4 Å². The second-order valence-corrected chi connectivity index (χ2v) is 9.54. The highest BCUT2D eigenvalue weighted by Gasteiger charge is 2.56. The Morgan fingerprint density at radius 3 is 0.806 bits per heavy atom. The van der Waals surface area contributed by atoms with Gasteiger partial charge in [-0.3, -0.25) is 0 Å². The maximum atomic E-state index is 14.7. The fourth-order valence-corrected chi connectivity index (χ4v) is 6.54. The van der Waals surface area contributed by atoms with Crippen LogP contribution in [0.3, 0.4) is 0 Å². The Kier molecular flexibility index (Phi) is 7.12. The predicted octanol–water partition coefficient (Wildman–Crippen LogP) is 4.48. The van der Waals surface area contributed by atoms with Crippen LogP contribution in [0, 0.1) is 58.2 Å². The molecule has 0 heterocycles. The molecule has 172 valence electrons. The van der Waals surface area contributed by atoms with E-state index in [0.29, 0.717) is 0 Å². The second kappa shape index (κ2) is 8.79. The van der Waals surface area contributed by atoms with Gasteiger partial charge >= 0.3 is 8.56 Å². The maximum absolute atomic E-state index is 14.7. The summed E-state index contributed by atoms with van der Waals surface area (Å²) in [7, 11) is -5.82. The van der Waals surface area contributed by atoms with Crippen molar-refractivity contribution in [1.29, 1.82) is 0 Å². The van der Waals surface area contributed by atoms with Crippen molar-refractivity contribution in [2.75, 3.05) is 0 Å². The summed E-state index contributed by atoms with van der Waals surface area (Å²) in [4.78, 5) is 0. The van der Waals surface area contributed by atoms with Crippen LogP contribution >= 0.6 is 0 Å². The van der Waals surface area contributed by atoms with Crippen molar-refractivity contribution in [1.82, 2.24) is 0 Å². The van der Waals surface area contributed by atoms with Crippen LogP contribution in [-0.4, -0.2) is 20.8 Å². The van der Waals surface area contributed by atoms with Gasteiger partial charge in [-0.25, -0.2) is 43.9 Å². The third-order valence-corrected chi connectivity index (χ3v) is 7.68. The lowest BCUT2D eigenvalue weighted by atomic mass is 10.3. The smallest absolute Gasteiger partial charge is 0.385 e. The minimum atomic E-state index is -5.82. The SMILES string of the molecule is CC(C)O[Si](OC(C)C)(c1c(F)c(F)c(F)c(F)c1F)c1c(F)c(F)c(F)c(F)c1F. The maximum Gasteiger partial charge on any atom is 0.420 e. The fraction of sp³-hybridized carbons (Fsp3) is 0.333. The van der Waals surface area contributed by atoms with Crippen LogP contribution in [0.25, 0.3) is 0 Å². The zero-order valence-electron chi connectivity index (χ0n) is 16.3. The first-order valence-electron chi connectivity index (χ1n) is 8.58. The molecule has 0 spiro atoms. The van der Waals surface area contributed by atoms with Crippen molar-refractivity contribution >= 4 is 18.9 Å². The number of halogens is 10. The molecular weight excluding hydrogens is 466 g/mol. The molecule has 0 radical (unpaired) electrons. The molecule has 31 heavy (non-hydrogen) atoms. The lowest BCUT2D eigenvalue weighted by molar-refractivity contribution is 0.122. The molecule has 2 rings (SSSR count). The van der Waals surface area contributed by atoms with E-state index in [1.807, 2.05) is 0 Å². The highest BCUT2D eigenvalue weighted by atomic mass is 28.4. The van der Waals surface area contributed by atoms with E-state index in [1.165, 1.54) is 0 Å². The van der Waals surface area contributed by atoms with Crippen LogP contribution in [0.4, 0.5) is 43.9 Å². The molecular formula is C18H14F10O2Si. The minimum Gasteiger partial charge on any atom is -0.385 e. The molecule has 0 aliphatic heterocycles. The van der Waals surface area contributed by atoms with Crippen molar-refractivity contribution in [2.45, 2.75) is 39.9 Å². The largest absolute Gasteiger partial charge is 0.420 e. The van der Waals surface area contributed by atoms with E-state index in [2.05, 4.69) is 0 Å². The second-order valence-electron chi connectivity index (χ2n) is 6.84. The molecule has 13 heteroatoms. The molecule has 0 N–H and O–H groups in total. The van der Waals surface area contributed by atoms with Crippen LogP contribution in [0.15, 0.2) is 0 Å². The van der Waals surface area contributed by atoms with Crippen molar-refractivity contribution in [3.05, 3.63) is 58.2 Å². The summed E-state index contributed by atoms with van der Waals surface area (Å²) < 4.78 is 152. The van der Waals surface area contributed by atoms with E-state index in [1.54, 1.807) is 0 Å². The summed E-state index contributed by atoms with van der Waals surface area (Å²) in [5.74, 6) is -25.6. The van der Waals surface area contributed by atoms with Crippen LogP contribution in [0.5, 0.6) is 0 Å². The van der Waals surface area contributed by atoms with Gasteiger partial charge < -0.3 is 8.85 Å². The molecule has 2 aromatic rings. The van der Waals surface area contributed by atoms with Crippen LogP contribution in [-0.2, 0) is 8.85 Å². The zero-order chi connectivity index (χ0) is 24.0. The van der Waals surface area contributed by atoms with E-state index in [0.717, 1.165) is 27.7 Å². The summed E-state index contributed by atoms with van der Waals surface area (Å²) in [5, 5.41) is -3.90. The Bertz CT molecular complexity index is 886. The third-order valence-electron chi connectivity index (χ3n) is 3.88. The first-order chi connectivity index (χ1) is 14.2. The van der Waals surface area contributed by atoms with E-state index in [-0.39, 0.29) is 0 Å².